The molecule has 0 radical (unpaired) electrons. The molecule has 28 heavy (non-hydrogen) atoms. The third-order valence-electron chi connectivity index (χ3n) is 4.04. The van der Waals surface area contributed by atoms with E-state index < -0.39 is 0 Å². The van der Waals surface area contributed by atoms with Crippen LogP contribution in [0.2, 0.25) is 0 Å². The number of aryl methyl sites for hydroxylation is 2. The van der Waals surface area contributed by atoms with Crippen LogP contribution in [0, 0.1) is 13.8 Å². The maximum Gasteiger partial charge on any atom is 0.273 e. The molecule has 8 heteroatoms. The van der Waals surface area contributed by atoms with E-state index in [4.69, 9.17) is 0 Å². The molecule has 3 aromatic rings. The van der Waals surface area contributed by atoms with Crippen LogP contribution in [0.15, 0.2) is 48.8 Å². The molecule has 3 rings (SSSR count). The molecule has 0 aliphatic carbocycles. The Morgan fingerprint density at radius 2 is 1.82 bits per heavy atom. The molecule has 2 amide bonds. The Morgan fingerprint density at radius 3 is 2.54 bits per heavy atom. The summed E-state index contributed by atoms with van der Waals surface area (Å²) in [6.45, 7) is 5.03. The Bertz CT molecular complexity index is 948. The van der Waals surface area contributed by atoms with Gasteiger partial charge in [0.15, 0.2) is 5.69 Å². The number of nitrogens with zero attached hydrogens (tertiary/aromatic N) is 4. The van der Waals surface area contributed by atoms with E-state index in [1.54, 1.807) is 12.4 Å². The minimum absolute atomic E-state index is 0.139. The van der Waals surface area contributed by atoms with Crippen molar-refractivity contribution in [3.8, 4) is 0 Å². The molecule has 0 unspecified atom stereocenters. The van der Waals surface area contributed by atoms with Gasteiger partial charge in [0, 0.05) is 18.3 Å². The van der Waals surface area contributed by atoms with Crippen molar-refractivity contribution in [3.63, 3.8) is 0 Å². The molecule has 0 aliphatic rings. The second-order valence-electron chi connectivity index (χ2n) is 6.50. The number of carbonyl (C=O) groups is 2. The van der Waals surface area contributed by atoms with Crippen molar-refractivity contribution >= 4 is 11.8 Å². The Hall–Kier alpha value is -3.55. The lowest BCUT2D eigenvalue weighted by molar-refractivity contribution is 0.0939. The van der Waals surface area contributed by atoms with Crippen molar-refractivity contribution in [2.24, 2.45) is 0 Å². The number of benzene rings is 1. The molecule has 0 saturated heterocycles. The standard InChI is InChI=1S/C20H22N6O2/c1-14-9-15(2)11-16(10-14)19(27)22-7-8-26-13-18(24-25-26)20(28)23-12-17-5-3-4-6-21-17/h3-6,9-11,13H,7-8,12H2,1-2H3,(H,22,27)(H,23,28). The summed E-state index contributed by atoms with van der Waals surface area (Å²) >= 11 is 0. The second kappa shape index (κ2) is 8.90. The number of aromatic nitrogens is 4. The molecular formula is C20H22N6O2. The van der Waals surface area contributed by atoms with Gasteiger partial charge in [-0.3, -0.25) is 14.6 Å². The summed E-state index contributed by atoms with van der Waals surface area (Å²) in [6, 6.07) is 11.2. The Labute approximate surface area is 163 Å². The number of hydrogen-bond donors (Lipinski definition) is 2. The molecule has 2 heterocycles. The molecule has 0 atom stereocenters. The van der Waals surface area contributed by atoms with Crippen molar-refractivity contribution in [1.29, 1.82) is 0 Å². The number of amides is 2. The van der Waals surface area contributed by atoms with Crippen molar-refractivity contribution in [2.75, 3.05) is 6.54 Å². The van der Waals surface area contributed by atoms with Gasteiger partial charge in [0.1, 0.15) is 0 Å². The summed E-state index contributed by atoms with van der Waals surface area (Å²) in [5.74, 6) is -0.462. The summed E-state index contributed by atoms with van der Waals surface area (Å²) in [5, 5.41) is 13.4. The van der Waals surface area contributed by atoms with Gasteiger partial charge >= 0.3 is 0 Å². The van der Waals surface area contributed by atoms with Crippen LogP contribution in [-0.4, -0.2) is 38.3 Å². The minimum atomic E-state index is -0.323. The van der Waals surface area contributed by atoms with Crippen LogP contribution in [0.5, 0.6) is 0 Å². The van der Waals surface area contributed by atoms with Gasteiger partial charge in [0.05, 0.1) is 25.0 Å². The van der Waals surface area contributed by atoms with Crippen LogP contribution in [0.4, 0.5) is 0 Å². The normalized spacial score (nSPS) is 10.5. The third kappa shape index (κ3) is 5.23. The molecule has 0 spiro atoms. The predicted molar refractivity (Wildman–Crippen MR) is 104 cm³/mol. The SMILES string of the molecule is Cc1cc(C)cc(C(=O)NCCn2cc(C(=O)NCc3ccccn3)nn2)c1. The molecule has 0 fully saturated rings. The lowest BCUT2D eigenvalue weighted by atomic mass is 10.1. The largest absolute Gasteiger partial charge is 0.350 e. The number of hydrogen-bond acceptors (Lipinski definition) is 5. The van der Waals surface area contributed by atoms with E-state index in [2.05, 4.69) is 25.9 Å². The molecule has 0 saturated carbocycles. The minimum Gasteiger partial charge on any atom is -0.350 e. The highest BCUT2D eigenvalue weighted by molar-refractivity contribution is 5.94. The molecule has 1 aromatic carbocycles. The van der Waals surface area contributed by atoms with Gasteiger partial charge in [-0.2, -0.15) is 0 Å². The van der Waals surface area contributed by atoms with Crippen molar-refractivity contribution in [3.05, 3.63) is 76.9 Å². The second-order valence-corrected chi connectivity index (χ2v) is 6.50. The topological polar surface area (TPSA) is 102 Å². The summed E-state index contributed by atoms with van der Waals surface area (Å²) < 4.78 is 1.53. The summed E-state index contributed by atoms with van der Waals surface area (Å²) in [4.78, 5) is 28.5. The Kier molecular flexibility index (Phi) is 6.11. The lowest BCUT2D eigenvalue weighted by Crippen LogP contribution is -2.27. The van der Waals surface area contributed by atoms with Crippen molar-refractivity contribution in [2.45, 2.75) is 26.9 Å². The van der Waals surface area contributed by atoms with Crippen LogP contribution in [-0.2, 0) is 13.1 Å². The van der Waals surface area contributed by atoms with Crippen LogP contribution in [0.1, 0.15) is 37.7 Å². The molecule has 144 valence electrons. The third-order valence-corrected chi connectivity index (χ3v) is 4.04. The van der Waals surface area contributed by atoms with E-state index in [0.717, 1.165) is 16.8 Å². The smallest absolute Gasteiger partial charge is 0.273 e. The van der Waals surface area contributed by atoms with E-state index in [1.807, 2.05) is 50.2 Å². The zero-order valence-corrected chi connectivity index (χ0v) is 15.8. The van der Waals surface area contributed by atoms with Gasteiger partial charge in [-0.25, -0.2) is 4.68 Å². The monoisotopic (exact) mass is 378 g/mol. The lowest BCUT2D eigenvalue weighted by Gasteiger charge is -2.07. The molecule has 8 nitrogen and oxygen atoms in total. The van der Waals surface area contributed by atoms with Crippen molar-refractivity contribution in [1.82, 2.24) is 30.6 Å². The predicted octanol–water partition coefficient (Wildman–Crippen LogP) is 1.65. The van der Waals surface area contributed by atoms with Gasteiger partial charge in [-0.1, -0.05) is 28.5 Å². The van der Waals surface area contributed by atoms with E-state index in [-0.39, 0.29) is 17.5 Å². The maximum atomic E-state index is 12.2. The summed E-state index contributed by atoms with van der Waals surface area (Å²) in [5.41, 5.74) is 3.70. The Balaban J connectivity index is 1.47. The first-order chi connectivity index (χ1) is 13.5. The van der Waals surface area contributed by atoms with E-state index >= 15 is 0 Å². The highest BCUT2D eigenvalue weighted by Crippen LogP contribution is 2.08. The molecular weight excluding hydrogens is 356 g/mol. The number of rotatable bonds is 7. The average Bonchev–Trinajstić information content (AvgIpc) is 3.15. The van der Waals surface area contributed by atoms with Crippen LogP contribution >= 0.6 is 0 Å². The highest BCUT2D eigenvalue weighted by atomic mass is 16.2. The number of nitrogens with one attached hydrogen (secondary N) is 2. The summed E-state index contributed by atoms with van der Waals surface area (Å²) in [7, 11) is 0. The van der Waals surface area contributed by atoms with Gasteiger partial charge in [0.25, 0.3) is 11.8 Å². The fourth-order valence-electron chi connectivity index (χ4n) is 2.77. The number of pyridine rings is 1. The zero-order chi connectivity index (χ0) is 19.9. The highest BCUT2D eigenvalue weighted by Gasteiger charge is 2.11. The van der Waals surface area contributed by atoms with E-state index in [0.29, 0.717) is 25.2 Å². The first kappa shape index (κ1) is 19.2. The van der Waals surface area contributed by atoms with Crippen LogP contribution < -0.4 is 10.6 Å². The average molecular weight is 378 g/mol. The molecule has 0 bridgehead atoms. The first-order valence-electron chi connectivity index (χ1n) is 8.96. The fraction of sp³-hybridized carbons (Fsp3) is 0.250. The molecule has 0 aliphatic heterocycles. The zero-order valence-electron chi connectivity index (χ0n) is 15.8. The maximum absolute atomic E-state index is 12.2. The van der Waals surface area contributed by atoms with E-state index in [9.17, 15) is 9.59 Å². The number of carbonyl (C=O) groups excluding carboxylic acids is 2. The molecule has 2 aromatic heterocycles. The van der Waals surface area contributed by atoms with Crippen molar-refractivity contribution < 1.29 is 9.59 Å². The van der Waals surface area contributed by atoms with Crippen LogP contribution in [0.25, 0.3) is 0 Å². The van der Waals surface area contributed by atoms with Gasteiger partial charge in [0.2, 0.25) is 0 Å². The quantitative estimate of drug-likeness (QED) is 0.651. The van der Waals surface area contributed by atoms with E-state index in [1.165, 1.54) is 4.68 Å². The van der Waals surface area contributed by atoms with Gasteiger partial charge in [-0.05, 0) is 38.1 Å². The first-order valence-corrected chi connectivity index (χ1v) is 8.96. The fourth-order valence-corrected chi connectivity index (χ4v) is 2.77. The molecule has 2 N–H and O–H groups in total. The Morgan fingerprint density at radius 1 is 1.04 bits per heavy atom. The van der Waals surface area contributed by atoms with Gasteiger partial charge < -0.3 is 10.6 Å². The van der Waals surface area contributed by atoms with Gasteiger partial charge in [-0.15, -0.1) is 5.10 Å². The van der Waals surface area contributed by atoms with Crippen LogP contribution in [0.3, 0.4) is 0 Å². The summed E-state index contributed by atoms with van der Waals surface area (Å²) in [6.07, 6.45) is 3.22.